The molecule has 134 valence electrons. The van der Waals surface area contributed by atoms with Gasteiger partial charge in [0.15, 0.2) is 6.67 Å². The van der Waals surface area contributed by atoms with Crippen molar-refractivity contribution in [2.45, 2.75) is 13.2 Å². The minimum Gasteiger partial charge on any atom is -0.496 e. The number of hydrogen-bond acceptors (Lipinski definition) is 4. The normalized spacial score (nSPS) is 12.7. The van der Waals surface area contributed by atoms with Gasteiger partial charge in [-0.2, -0.15) is 4.68 Å². The van der Waals surface area contributed by atoms with Crippen molar-refractivity contribution >= 4 is 54.7 Å². The van der Waals surface area contributed by atoms with Crippen molar-refractivity contribution in [3.05, 3.63) is 57.3 Å². The molecule has 4 aromatic rings. The fourth-order valence-electron chi connectivity index (χ4n) is 3.11. The highest BCUT2D eigenvalue weighted by molar-refractivity contribution is 9.10. The number of methoxy groups -OCH3 is 1. The standard InChI is InChI=1S/C18H17BrN4OS2/c1-21(10-12-9-13(19)7-8-15(12)24-2)11-22-18(25)23-14-5-3-4-6-16(14)26-17(23)20-22/h3-9H,10-11H2,1-2H3/p+1. The van der Waals surface area contributed by atoms with Crippen LogP contribution in [0.2, 0.25) is 0 Å². The lowest BCUT2D eigenvalue weighted by molar-refractivity contribution is -0.917. The molecule has 1 unspecified atom stereocenters. The van der Waals surface area contributed by atoms with Crippen LogP contribution in [0.3, 0.4) is 0 Å². The van der Waals surface area contributed by atoms with Crippen molar-refractivity contribution in [3.8, 4) is 5.75 Å². The van der Waals surface area contributed by atoms with Crippen molar-refractivity contribution in [2.75, 3.05) is 14.2 Å². The number of thiazole rings is 1. The molecule has 0 aliphatic rings. The van der Waals surface area contributed by atoms with Gasteiger partial charge in [0.2, 0.25) is 9.73 Å². The Morgan fingerprint density at radius 1 is 1.27 bits per heavy atom. The van der Waals surface area contributed by atoms with Crippen LogP contribution in [0, 0.1) is 4.77 Å². The summed E-state index contributed by atoms with van der Waals surface area (Å²) in [5.41, 5.74) is 2.27. The minimum absolute atomic E-state index is 0.692. The van der Waals surface area contributed by atoms with Crippen LogP contribution in [-0.2, 0) is 13.2 Å². The second-order valence-corrected chi connectivity index (χ2v) is 8.51. The molecule has 0 spiro atoms. The van der Waals surface area contributed by atoms with Crippen LogP contribution in [0.25, 0.3) is 15.2 Å². The number of benzene rings is 2. The number of nitrogens with zero attached hydrogens (tertiary/aromatic N) is 3. The molecule has 5 nitrogen and oxygen atoms in total. The quantitative estimate of drug-likeness (QED) is 0.473. The summed E-state index contributed by atoms with van der Waals surface area (Å²) in [6.07, 6.45) is 0. The molecule has 2 aromatic carbocycles. The van der Waals surface area contributed by atoms with Crippen molar-refractivity contribution in [3.63, 3.8) is 0 Å². The van der Waals surface area contributed by atoms with Gasteiger partial charge >= 0.3 is 0 Å². The first-order chi connectivity index (χ1) is 12.6. The Balaban J connectivity index is 1.62. The summed E-state index contributed by atoms with van der Waals surface area (Å²) >= 11 is 10.9. The molecule has 0 saturated carbocycles. The van der Waals surface area contributed by atoms with E-state index < -0.39 is 0 Å². The van der Waals surface area contributed by atoms with Crippen LogP contribution in [0.4, 0.5) is 0 Å². The first kappa shape index (κ1) is 17.7. The van der Waals surface area contributed by atoms with Crippen molar-refractivity contribution < 1.29 is 9.64 Å². The molecular formula is C18H18BrN4OS2+. The molecule has 1 N–H and O–H groups in total. The summed E-state index contributed by atoms with van der Waals surface area (Å²) in [5.74, 6) is 0.896. The average Bonchev–Trinajstić information content (AvgIpc) is 3.12. The topological polar surface area (TPSA) is 35.9 Å². The number of aromatic nitrogens is 3. The molecule has 0 amide bonds. The van der Waals surface area contributed by atoms with E-state index in [0.717, 1.165) is 37.6 Å². The van der Waals surface area contributed by atoms with Crippen LogP contribution >= 0.6 is 39.5 Å². The molecule has 0 aliphatic carbocycles. The van der Waals surface area contributed by atoms with Gasteiger partial charge < -0.3 is 9.64 Å². The van der Waals surface area contributed by atoms with Gasteiger partial charge in [-0.1, -0.05) is 39.4 Å². The smallest absolute Gasteiger partial charge is 0.216 e. The highest BCUT2D eigenvalue weighted by Gasteiger charge is 2.15. The van der Waals surface area contributed by atoms with Gasteiger partial charge in [0, 0.05) is 10.0 Å². The highest BCUT2D eigenvalue weighted by Crippen LogP contribution is 2.25. The Bertz CT molecular complexity index is 1150. The molecule has 0 aliphatic heterocycles. The van der Waals surface area contributed by atoms with Crippen molar-refractivity contribution in [1.29, 1.82) is 0 Å². The van der Waals surface area contributed by atoms with Gasteiger partial charge in [-0.25, -0.2) is 0 Å². The lowest BCUT2D eigenvalue weighted by atomic mass is 10.2. The van der Waals surface area contributed by atoms with E-state index in [0.29, 0.717) is 6.67 Å². The Morgan fingerprint density at radius 3 is 2.88 bits per heavy atom. The monoisotopic (exact) mass is 449 g/mol. The SMILES string of the molecule is COc1ccc(Br)cc1C[NH+](C)Cn1nc2sc3ccccc3n2c1=S. The van der Waals surface area contributed by atoms with E-state index in [1.54, 1.807) is 18.4 Å². The van der Waals surface area contributed by atoms with Gasteiger partial charge in [-0.15, -0.1) is 5.10 Å². The summed E-state index contributed by atoms with van der Waals surface area (Å²) < 4.78 is 12.4. The molecule has 8 heteroatoms. The number of quaternary nitrogens is 1. The fraction of sp³-hybridized carbons (Fsp3) is 0.222. The Kier molecular flexibility index (Phi) is 4.83. The van der Waals surface area contributed by atoms with Crippen molar-refractivity contribution in [2.24, 2.45) is 0 Å². The molecule has 0 bridgehead atoms. The third kappa shape index (κ3) is 3.18. The number of halogens is 1. The Hall–Kier alpha value is -1.74. The molecule has 2 aromatic heterocycles. The summed E-state index contributed by atoms with van der Waals surface area (Å²) in [6.45, 7) is 1.51. The number of rotatable bonds is 5. The Morgan fingerprint density at radius 2 is 2.08 bits per heavy atom. The number of hydrogen-bond donors (Lipinski definition) is 1. The maximum Gasteiger partial charge on any atom is 0.216 e. The average molecular weight is 450 g/mol. The predicted octanol–water partition coefficient (Wildman–Crippen LogP) is 3.52. The first-order valence-electron chi connectivity index (χ1n) is 8.17. The molecule has 1 atom stereocenters. The lowest BCUT2D eigenvalue weighted by Crippen LogP contribution is -3.07. The molecule has 0 radical (unpaired) electrons. The highest BCUT2D eigenvalue weighted by atomic mass is 79.9. The second kappa shape index (κ2) is 7.11. The van der Waals surface area contributed by atoms with E-state index in [1.165, 1.54) is 9.60 Å². The van der Waals surface area contributed by atoms with Crippen LogP contribution in [0.15, 0.2) is 46.9 Å². The zero-order valence-corrected chi connectivity index (χ0v) is 17.6. The zero-order chi connectivity index (χ0) is 18.3. The van der Waals surface area contributed by atoms with E-state index in [4.69, 9.17) is 22.1 Å². The summed E-state index contributed by atoms with van der Waals surface area (Å²) in [5, 5.41) is 4.72. The van der Waals surface area contributed by atoms with Crippen molar-refractivity contribution in [1.82, 2.24) is 14.2 Å². The zero-order valence-electron chi connectivity index (χ0n) is 14.4. The van der Waals surface area contributed by atoms with Gasteiger partial charge in [-0.05, 0) is 42.5 Å². The molecular weight excluding hydrogens is 432 g/mol. The number of ether oxygens (including phenoxy) is 1. The van der Waals surface area contributed by atoms with Crippen LogP contribution in [-0.4, -0.2) is 28.3 Å². The second-order valence-electron chi connectivity index (χ2n) is 6.22. The molecule has 2 heterocycles. The van der Waals surface area contributed by atoms with Crippen LogP contribution in [0.5, 0.6) is 5.75 Å². The minimum atomic E-state index is 0.692. The third-order valence-corrected chi connectivity index (χ3v) is 6.17. The van der Waals surface area contributed by atoms with Gasteiger partial charge in [0.1, 0.15) is 12.3 Å². The van der Waals surface area contributed by atoms with E-state index in [1.807, 2.05) is 28.9 Å². The summed E-state index contributed by atoms with van der Waals surface area (Å²) in [6, 6.07) is 14.3. The number of nitrogens with one attached hydrogen (secondary N) is 1. The summed E-state index contributed by atoms with van der Waals surface area (Å²) in [4.78, 5) is 2.21. The van der Waals surface area contributed by atoms with Crippen LogP contribution < -0.4 is 9.64 Å². The third-order valence-electron chi connectivity index (χ3n) is 4.27. The molecule has 4 rings (SSSR count). The molecule has 26 heavy (non-hydrogen) atoms. The Labute approximate surface area is 168 Å². The first-order valence-corrected chi connectivity index (χ1v) is 10.2. The van der Waals surface area contributed by atoms with E-state index >= 15 is 0 Å². The van der Waals surface area contributed by atoms with E-state index in [2.05, 4.69) is 45.6 Å². The van der Waals surface area contributed by atoms with Gasteiger partial charge in [0.05, 0.1) is 24.4 Å². The predicted molar refractivity (Wildman–Crippen MR) is 111 cm³/mol. The van der Waals surface area contributed by atoms with Gasteiger partial charge in [0.25, 0.3) is 0 Å². The van der Waals surface area contributed by atoms with E-state index in [-0.39, 0.29) is 0 Å². The van der Waals surface area contributed by atoms with Gasteiger partial charge in [-0.3, -0.25) is 4.40 Å². The largest absolute Gasteiger partial charge is 0.496 e. The molecule has 0 fully saturated rings. The number of para-hydroxylation sites is 1. The lowest BCUT2D eigenvalue weighted by Gasteiger charge is -2.16. The van der Waals surface area contributed by atoms with E-state index in [9.17, 15) is 0 Å². The maximum absolute atomic E-state index is 5.69. The number of fused-ring (bicyclic) bond motifs is 3. The molecule has 0 saturated heterocycles. The fourth-order valence-corrected chi connectivity index (χ4v) is 4.89. The summed E-state index contributed by atoms with van der Waals surface area (Å²) in [7, 11) is 3.83. The maximum atomic E-state index is 5.69. The van der Waals surface area contributed by atoms with Crippen LogP contribution in [0.1, 0.15) is 5.56 Å².